The van der Waals surface area contributed by atoms with Crippen LogP contribution in [-0.2, 0) is 0 Å². The van der Waals surface area contributed by atoms with E-state index in [-0.39, 0.29) is 5.56 Å². The first-order valence-electron chi connectivity index (χ1n) is 5.72. The van der Waals surface area contributed by atoms with Gasteiger partial charge in [-0.1, -0.05) is 0 Å². The van der Waals surface area contributed by atoms with E-state index < -0.39 is 0 Å². The molecule has 1 heterocycles. The van der Waals surface area contributed by atoms with Crippen LogP contribution in [0.4, 0.5) is 0 Å². The van der Waals surface area contributed by atoms with Crippen molar-refractivity contribution in [1.29, 1.82) is 0 Å². The average molecular weight is 331 g/mol. The highest BCUT2D eigenvalue weighted by molar-refractivity contribution is 9.10. The van der Waals surface area contributed by atoms with E-state index in [1.54, 1.807) is 6.07 Å². The smallest absolute Gasteiger partial charge is 0.262 e. The first-order valence-corrected chi connectivity index (χ1v) is 7.05. The highest BCUT2D eigenvalue weighted by Crippen LogP contribution is 2.20. The second kappa shape index (κ2) is 6.25. The number of H-pyrrole nitrogens is 1. The number of unbranched alkanes of at least 4 members (excludes halogenated alkanes) is 1. The first-order chi connectivity index (χ1) is 8.70. The summed E-state index contributed by atoms with van der Waals surface area (Å²) >= 11 is 8.80. The number of rotatable bonds is 5. The molecule has 1 N–H and O–H groups in total. The molecule has 1 aromatic heterocycles. The van der Waals surface area contributed by atoms with E-state index in [9.17, 15) is 4.79 Å². The Hall–Kier alpha value is -1.00. The van der Waals surface area contributed by atoms with Gasteiger partial charge < -0.3 is 9.72 Å². The molecule has 0 unspecified atom stereocenters. The van der Waals surface area contributed by atoms with E-state index in [4.69, 9.17) is 16.3 Å². The maximum Gasteiger partial charge on any atom is 0.262 e. The van der Waals surface area contributed by atoms with Crippen molar-refractivity contribution >= 4 is 38.4 Å². The molecular formula is C13H13BrClNO2. The highest BCUT2D eigenvalue weighted by Gasteiger charge is 2.01. The van der Waals surface area contributed by atoms with Crippen molar-refractivity contribution < 1.29 is 4.74 Å². The van der Waals surface area contributed by atoms with Crippen molar-refractivity contribution in [3.63, 3.8) is 0 Å². The Bertz CT molecular complexity index is 597. The normalized spacial score (nSPS) is 10.8. The summed E-state index contributed by atoms with van der Waals surface area (Å²) in [5.41, 5.74) is 0.639. The minimum absolute atomic E-state index is 0.137. The van der Waals surface area contributed by atoms with Gasteiger partial charge >= 0.3 is 0 Å². The maximum atomic E-state index is 11.5. The Labute approximate surface area is 118 Å². The second-order valence-corrected chi connectivity index (χ2v) is 5.17. The van der Waals surface area contributed by atoms with Crippen LogP contribution in [0.1, 0.15) is 12.8 Å². The number of nitrogens with one attached hydrogen (secondary N) is 1. The van der Waals surface area contributed by atoms with E-state index in [0.29, 0.717) is 17.0 Å². The monoisotopic (exact) mass is 329 g/mol. The van der Waals surface area contributed by atoms with E-state index >= 15 is 0 Å². The number of hydrogen-bond acceptors (Lipinski definition) is 2. The predicted octanol–water partition coefficient (Wildman–Crippen LogP) is 3.69. The van der Waals surface area contributed by atoms with Crippen LogP contribution in [0.5, 0.6) is 5.75 Å². The third-order valence-electron chi connectivity index (χ3n) is 2.57. The average Bonchev–Trinajstić information content (AvgIpc) is 2.36. The van der Waals surface area contributed by atoms with Gasteiger partial charge in [0.15, 0.2) is 0 Å². The molecule has 0 fully saturated rings. The number of aromatic nitrogens is 1. The quantitative estimate of drug-likeness (QED) is 0.671. The summed E-state index contributed by atoms with van der Waals surface area (Å²) in [4.78, 5) is 14.3. The van der Waals surface area contributed by atoms with Crippen LogP contribution >= 0.6 is 27.5 Å². The van der Waals surface area contributed by atoms with Gasteiger partial charge in [-0.15, -0.1) is 11.6 Å². The van der Waals surface area contributed by atoms with Crippen molar-refractivity contribution in [1.82, 2.24) is 4.98 Å². The van der Waals surface area contributed by atoms with Gasteiger partial charge in [-0.3, -0.25) is 4.79 Å². The number of pyridine rings is 1. The van der Waals surface area contributed by atoms with Gasteiger partial charge in [0, 0.05) is 11.9 Å². The zero-order valence-electron chi connectivity index (χ0n) is 9.71. The zero-order chi connectivity index (χ0) is 13.0. The number of ether oxygens (including phenoxy) is 1. The largest absolute Gasteiger partial charge is 0.494 e. The molecule has 5 heteroatoms. The lowest BCUT2D eigenvalue weighted by Crippen LogP contribution is -2.06. The van der Waals surface area contributed by atoms with Crippen molar-refractivity contribution in [2.75, 3.05) is 12.5 Å². The molecule has 0 radical (unpaired) electrons. The molecule has 96 valence electrons. The number of aromatic amines is 1. The molecular weight excluding hydrogens is 318 g/mol. The van der Waals surface area contributed by atoms with Gasteiger partial charge in [-0.2, -0.15) is 0 Å². The molecule has 0 saturated carbocycles. The van der Waals surface area contributed by atoms with Crippen molar-refractivity contribution in [3.05, 3.63) is 39.1 Å². The van der Waals surface area contributed by atoms with Crippen LogP contribution in [0.3, 0.4) is 0 Å². The van der Waals surface area contributed by atoms with Crippen molar-refractivity contribution in [2.45, 2.75) is 12.8 Å². The minimum atomic E-state index is -0.137. The molecule has 0 atom stereocenters. The molecule has 2 aromatic rings. The molecule has 2 rings (SSSR count). The lowest BCUT2D eigenvalue weighted by atomic mass is 10.2. The number of halogens is 2. The van der Waals surface area contributed by atoms with Gasteiger partial charge in [-0.05, 0) is 52.4 Å². The van der Waals surface area contributed by atoms with E-state index in [2.05, 4.69) is 20.9 Å². The summed E-state index contributed by atoms with van der Waals surface area (Å²) in [6, 6.07) is 7.45. The fourth-order valence-electron chi connectivity index (χ4n) is 1.63. The Morgan fingerprint density at radius 1 is 1.28 bits per heavy atom. The van der Waals surface area contributed by atoms with Crippen molar-refractivity contribution in [2.24, 2.45) is 0 Å². The van der Waals surface area contributed by atoms with Crippen LogP contribution in [-0.4, -0.2) is 17.5 Å². The summed E-state index contributed by atoms with van der Waals surface area (Å²) in [5, 5.41) is 0.967. The Morgan fingerprint density at radius 2 is 2.11 bits per heavy atom. The number of fused-ring (bicyclic) bond motifs is 1. The molecule has 0 aliphatic carbocycles. The Kier molecular flexibility index (Phi) is 4.66. The van der Waals surface area contributed by atoms with Crippen LogP contribution in [0.15, 0.2) is 33.5 Å². The number of benzene rings is 1. The summed E-state index contributed by atoms with van der Waals surface area (Å²) in [6.45, 7) is 0.638. The van der Waals surface area contributed by atoms with Crippen LogP contribution < -0.4 is 10.3 Å². The van der Waals surface area contributed by atoms with Crippen molar-refractivity contribution in [3.8, 4) is 5.75 Å². The van der Waals surface area contributed by atoms with Gasteiger partial charge in [-0.25, -0.2) is 0 Å². The van der Waals surface area contributed by atoms with Gasteiger partial charge in [0.25, 0.3) is 5.56 Å². The lowest BCUT2D eigenvalue weighted by Gasteiger charge is -2.06. The summed E-state index contributed by atoms with van der Waals surface area (Å²) in [5.74, 6) is 1.41. The summed E-state index contributed by atoms with van der Waals surface area (Å²) in [6.07, 6.45) is 1.87. The Balaban J connectivity index is 2.17. The fourth-order valence-corrected chi connectivity index (χ4v) is 2.16. The number of alkyl halides is 1. The molecule has 0 amide bonds. The molecule has 0 saturated heterocycles. The molecule has 0 aliphatic heterocycles. The molecule has 3 nitrogen and oxygen atoms in total. The van der Waals surface area contributed by atoms with Gasteiger partial charge in [0.05, 0.1) is 16.6 Å². The fraction of sp³-hybridized carbons (Fsp3) is 0.308. The first kappa shape index (κ1) is 13.4. The second-order valence-electron chi connectivity index (χ2n) is 3.94. The molecule has 0 aliphatic rings. The van der Waals surface area contributed by atoms with Crippen LogP contribution in [0.25, 0.3) is 10.9 Å². The van der Waals surface area contributed by atoms with Crippen LogP contribution in [0, 0.1) is 0 Å². The van der Waals surface area contributed by atoms with Gasteiger partial charge in [0.1, 0.15) is 5.75 Å². The summed E-state index contributed by atoms with van der Waals surface area (Å²) in [7, 11) is 0. The minimum Gasteiger partial charge on any atom is -0.494 e. The standard InChI is InChI=1S/C13H13BrClNO2/c14-11-7-9-3-4-10(18-6-2-1-5-15)8-12(9)16-13(11)17/h3-4,7-8H,1-2,5-6H2,(H,16,17). The molecule has 18 heavy (non-hydrogen) atoms. The predicted molar refractivity (Wildman–Crippen MR) is 77.7 cm³/mol. The van der Waals surface area contributed by atoms with E-state index in [1.165, 1.54) is 0 Å². The van der Waals surface area contributed by atoms with Gasteiger partial charge in [0.2, 0.25) is 0 Å². The van der Waals surface area contributed by atoms with Crippen LogP contribution in [0.2, 0.25) is 0 Å². The molecule has 0 bridgehead atoms. The van der Waals surface area contributed by atoms with E-state index in [0.717, 1.165) is 29.5 Å². The number of hydrogen-bond donors (Lipinski definition) is 1. The molecule has 1 aromatic carbocycles. The maximum absolute atomic E-state index is 11.5. The highest BCUT2D eigenvalue weighted by atomic mass is 79.9. The van der Waals surface area contributed by atoms with E-state index in [1.807, 2.05) is 18.2 Å². The molecule has 0 spiro atoms. The topological polar surface area (TPSA) is 42.1 Å². The Morgan fingerprint density at radius 3 is 2.89 bits per heavy atom. The zero-order valence-corrected chi connectivity index (χ0v) is 12.1. The lowest BCUT2D eigenvalue weighted by molar-refractivity contribution is 0.310. The summed E-state index contributed by atoms with van der Waals surface area (Å²) < 4.78 is 6.13. The third kappa shape index (κ3) is 3.27. The third-order valence-corrected chi connectivity index (χ3v) is 3.43. The SMILES string of the molecule is O=c1[nH]c2cc(OCCCCCl)ccc2cc1Br.